The summed E-state index contributed by atoms with van der Waals surface area (Å²) in [6.07, 6.45) is 0. The van der Waals surface area contributed by atoms with Crippen LogP contribution in [0.3, 0.4) is 0 Å². The van der Waals surface area contributed by atoms with Crippen LogP contribution in [0, 0.1) is 5.82 Å². The van der Waals surface area contributed by atoms with E-state index in [4.69, 9.17) is 11.6 Å². The van der Waals surface area contributed by atoms with E-state index >= 15 is 0 Å². The number of hydrogen-bond donors (Lipinski definition) is 2. The van der Waals surface area contributed by atoms with Crippen LogP contribution in [-0.4, -0.2) is 0 Å². The normalized spacial score (nSPS) is 9.50. The molecule has 0 amide bonds. The van der Waals surface area contributed by atoms with E-state index in [9.17, 15) is 4.39 Å². The average Bonchev–Trinajstić information content (AvgIpc) is 1.95. The Bertz CT molecular complexity index is 241. The zero-order valence-corrected chi connectivity index (χ0v) is 6.59. The molecule has 10 heavy (non-hydrogen) atoms. The summed E-state index contributed by atoms with van der Waals surface area (Å²) in [7, 11) is 0. The standard InChI is InChI=1S/C6H5ClFNS/c7-6-4(8)2-1-3-5(6)9-10/h1-3,9-10H. The Morgan fingerprint density at radius 3 is 2.70 bits per heavy atom. The van der Waals surface area contributed by atoms with Gasteiger partial charge in [0.1, 0.15) is 10.8 Å². The van der Waals surface area contributed by atoms with Gasteiger partial charge in [0.25, 0.3) is 0 Å². The summed E-state index contributed by atoms with van der Waals surface area (Å²) in [5, 5.41) is 0.0671. The summed E-state index contributed by atoms with van der Waals surface area (Å²) in [6, 6.07) is 4.48. The van der Waals surface area contributed by atoms with Crippen molar-refractivity contribution in [2.45, 2.75) is 0 Å². The van der Waals surface area contributed by atoms with Crippen molar-refractivity contribution >= 4 is 30.1 Å². The Balaban J connectivity index is 3.14. The highest BCUT2D eigenvalue weighted by molar-refractivity contribution is 7.81. The summed E-state index contributed by atoms with van der Waals surface area (Å²) in [5.41, 5.74) is 0.477. The molecule has 0 saturated heterocycles. The van der Waals surface area contributed by atoms with Crippen molar-refractivity contribution < 1.29 is 4.39 Å². The Morgan fingerprint density at radius 2 is 2.20 bits per heavy atom. The molecule has 0 bridgehead atoms. The van der Waals surface area contributed by atoms with Gasteiger partial charge >= 0.3 is 0 Å². The maximum atomic E-state index is 12.6. The fraction of sp³-hybridized carbons (Fsp3) is 0. The van der Waals surface area contributed by atoms with Gasteiger partial charge in [-0.05, 0) is 12.1 Å². The van der Waals surface area contributed by atoms with Crippen molar-refractivity contribution in [1.29, 1.82) is 0 Å². The van der Waals surface area contributed by atoms with E-state index < -0.39 is 5.82 Å². The summed E-state index contributed by atoms with van der Waals surface area (Å²) in [6.45, 7) is 0. The van der Waals surface area contributed by atoms with E-state index in [0.717, 1.165) is 0 Å². The number of nitrogens with one attached hydrogen (secondary N) is 1. The third-order valence-corrected chi connectivity index (χ3v) is 1.70. The van der Waals surface area contributed by atoms with E-state index in [1.807, 2.05) is 0 Å². The molecule has 1 aromatic rings. The highest BCUT2D eigenvalue weighted by Crippen LogP contribution is 2.24. The van der Waals surface area contributed by atoms with Gasteiger partial charge in [-0.2, -0.15) is 0 Å². The van der Waals surface area contributed by atoms with Crippen LogP contribution < -0.4 is 4.72 Å². The summed E-state index contributed by atoms with van der Waals surface area (Å²) in [4.78, 5) is 0. The molecule has 1 rings (SSSR count). The topological polar surface area (TPSA) is 12.0 Å². The molecule has 0 spiro atoms. The summed E-state index contributed by atoms with van der Waals surface area (Å²) >= 11 is 9.23. The summed E-state index contributed by atoms with van der Waals surface area (Å²) in [5.74, 6) is -0.444. The maximum Gasteiger partial charge on any atom is 0.143 e. The van der Waals surface area contributed by atoms with Crippen LogP contribution in [-0.2, 0) is 0 Å². The Kier molecular flexibility index (Phi) is 2.40. The molecule has 0 saturated carbocycles. The second kappa shape index (κ2) is 3.12. The molecule has 0 radical (unpaired) electrons. The van der Waals surface area contributed by atoms with Crippen molar-refractivity contribution in [3.63, 3.8) is 0 Å². The molecule has 0 fully saturated rings. The highest BCUT2D eigenvalue weighted by atomic mass is 35.5. The molecule has 0 aliphatic rings. The maximum absolute atomic E-state index is 12.6. The fourth-order valence-electron chi connectivity index (χ4n) is 0.590. The van der Waals surface area contributed by atoms with Gasteiger partial charge < -0.3 is 4.72 Å². The first-order valence-electron chi connectivity index (χ1n) is 2.60. The van der Waals surface area contributed by atoms with Crippen LogP contribution >= 0.6 is 24.4 Å². The lowest BCUT2D eigenvalue weighted by molar-refractivity contribution is 0.629. The van der Waals surface area contributed by atoms with Crippen molar-refractivity contribution in [1.82, 2.24) is 0 Å². The Morgan fingerprint density at radius 1 is 1.50 bits per heavy atom. The van der Waals surface area contributed by atoms with Crippen molar-refractivity contribution in [3.8, 4) is 0 Å². The number of thiol groups is 1. The lowest BCUT2D eigenvalue weighted by atomic mass is 10.3. The van der Waals surface area contributed by atoms with Gasteiger partial charge in [0.15, 0.2) is 0 Å². The molecule has 0 atom stereocenters. The molecular weight excluding hydrogens is 173 g/mol. The molecule has 0 aromatic heterocycles. The van der Waals surface area contributed by atoms with Gasteiger partial charge in [-0.15, -0.1) is 0 Å². The molecule has 0 unspecified atom stereocenters. The van der Waals surface area contributed by atoms with Gasteiger partial charge in [-0.25, -0.2) is 4.39 Å². The predicted molar refractivity (Wildman–Crippen MR) is 44.0 cm³/mol. The molecule has 4 heteroatoms. The minimum Gasteiger partial charge on any atom is -0.331 e. The fourth-order valence-corrected chi connectivity index (χ4v) is 1.02. The molecular formula is C6H5ClFNS. The van der Waals surface area contributed by atoms with E-state index in [2.05, 4.69) is 17.5 Å². The minimum atomic E-state index is -0.444. The van der Waals surface area contributed by atoms with Gasteiger partial charge in [-0.3, -0.25) is 0 Å². The zero-order chi connectivity index (χ0) is 7.56. The van der Waals surface area contributed by atoms with Crippen LogP contribution in [0.25, 0.3) is 0 Å². The summed E-state index contributed by atoms with van der Waals surface area (Å²) < 4.78 is 15.0. The van der Waals surface area contributed by atoms with Gasteiger partial charge in [0.2, 0.25) is 0 Å². The second-order valence-corrected chi connectivity index (χ2v) is 2.31. The number of rotatable bonds is 1. The first-order valence-corrected chi connectivity index (χ1v) is 3.42. The van der Waals surface area contributed by atoms with Crippen LogP contribution in [0.4, 0.5) is 10.1 Å². The van der Waals surface area contributed by atoms with Crippen molar-refractivity contribution in [2.24, 2.45) is 0 Å². The van der Waals surface area contributed by atoms with Crippen LogP contribution in [0.2, 0.25) is 5.02 Å². The SMILES string of the molecule is Fc1cccc(NS)c1Cl. The average molecular weight is 178 g/mol. The molecule has 1 N–H and O–H groups in total. The molecule has 0 heterocycles. The molecule has 1 nitrogen and oxygen atoms in total. The third-order valence-electron chi connectivity index (χ3n) is 1.07. The van der Waals surface area contributed by atoms with Gasteiger partial charge in [-0.1, -0.05) is 30.5 Å². The van der Waals surface area contributed by atoms with Crippen LogP contribution in [0.5, 0.6) is 0 Å². The van der Waals surface area contributed by atoms with E-state index in [0.29, 0.717) is 5.69 Å². The second-order valence-electron chi connectivity index (χ2n) is 1.71. The Hall–Kier alpha value is -0.410. The number of hydrogen-bond acceptors (Lipinski definition) is 2. The van der Waals surface area contributed by atoms with Crippen molar-refractivity contribution in [2.75, 3.05) is 4.72 Å². The Labute approximate surface area is 68.7 Å². The molecule has 54 valence electrons. The highest BCUT2D eigenvalue weighted by Gasteiger charge is 2.01. The van der Waals surface area contributed by atoms with Gasteiger partial charge in [0.05, 0.1) is 5.69 Å². The first kappa shape index (κ1) is 7.69. The molecule has 0 aliphatic heterocycles. The van der Waals surface area contributed by atoms with Gasteiger partial charge in [0, 0.05) is 0 Å². The number of benzene rings is 1. The number of anilines is 1. The third kappa shape index (κ3) is 1.36. The quantitative estimate of drug-likeness (QED) is 0.629. The van der Waals surface area contributed by atoms with Crippen LogP contribution in [0.1, 0.15) is 0 Å². The number of halogens is 2. The monoisotopic (exact) mass is 177 g/mol. The van der Waals surface area contributed by atoms with Crippen molar-refractivity contribution in [3.05, 3.63) is 29.0 Å². The zero-order valence-electron chi connectivity index (χ0n) is 4.94. The van der Waals surface area contributed by atoms with Crippen LogP contribution in [0.15, 0.2) is 18.2 Å². The predicted octanol–water partition coefficient (Wildman–Crippen LogP) is 2.74. The lowest BCUT2D eigenvalue weighted by Gasteiger charge is -2.00. The molecule has 1 aromatic carbocycles. The van der Waals surface area contributed by atoms with E-state index in [1.165, 1.54) is 6.07 Å². The minimum absolute atomic E-state index is 0.0671. The lowest BCUT2D eigenvalue weighted by Crippen LogP contribution is -1.84. The van der Waals surface area contributed by atoms with E-state index in [1.54, 1.807) is 12.1 Å². The largest absolute Gasteiger partial charge is 0.331 e. The molecule has 0 aliphatic carbocycles. The smallest absolute Gasteiger partial charge is 0.143 e. The van der Waals surface area contributed by atoms with E-state index in [-0.39, 0.29) is 5.02 Å². The first-order chi connectivity index (χ1) is 4.75.